The largest absolute Gasteiger partial charge is 0.398 e. The third-order valence-electron chi connectivity index (χ3n) is 1.80. The number of hydrazine groups is 1. The quantitative estimate of drug-likeness (QED) is 0.281. The number of hydrogen-bond acceptors (Lipinski definition) is 5. The summed E-state index contributed by atoms with van der Waals surface area (Å²) in [4.78, 5) is 21.2. The number of nitrogen functional groups attached to an aromatic ring is 1. The number of nitrogens with two attached hydrogens (primary N) is 2. The van der Waals surface area contributed by atoms with Crippen LogP contribution < -0.4 is 11.6 Å². The highest BCUT2D eigenvalue weighted by atomic mass is 16.6. The lowest BCUT2D eigenvalue weighted by atomic mass is 10.1. The van der Waals surface area contributed by atoms with E-state index in [0.717, 1.165) is 11.1 Å². The molecule has 0 saturated heterocycles. The van der Waals surface area contributed by atoms with Gasteiger partial charge in [0.15, 0.2) is 0 Å². The Morgan fingerprint density at radius 2 is 1.74 bits per heavy atom. The van der Waals surface area contributed by atoms with Gasteiger partial charge in [-0.3, -0.25) is 19.9 Å². The zero-order valence-electron chi connectivity index (χ0n) is 12.0. The summed E-state index contributed by atoms with van der Waals surface area (Å²) in [7, 11) is 1.36. The molecule has 7 heteroatoms. The maximum absolute atomic E-state index is 11.4. The van der Waals surface area contributed by atoms with Crippen LogP contribution in [0.15, 0.2) is 18.2 Å². The molecule has 19 heavy (non-hydrogen) atoms. The third kappa shape index (κ3) is 5.82. The van der Waals surface area contributed by atoms with Crippen molar-refractivity contribution in [3.63, 3.8) is 0 Å². The lowest BCUT2D eigenvalue weighted by Gasteiger charge is -2.11. The number of amides is 1. The Labute approximate surface area is 113 Å². The van der Waals surface area contributed by atoms with Crippen molar-refractivity contribution in [2.24, 2.45) is 5.84 Å². The highest BCUT2D eigenvalue weighted by Crippen LogP contribution is 2.20. The number of non-ortho nitro benzene ring substituents is 1. The predicted molar refractivity (Wildman–Crippen MR) is 76.5 cm³/mol. The summed E-state index contributed by atoms with van der Waals surface area (Å²) in [5.74, 6) is 4.73. The molecule has 1 aromatic rings. The van der Waals surface area contributed by atoms with E-state index in [0.29, 0.717) is 0 Å². The molecule has 7 nitrogen and oxygen atoms in total. The first-order valence-electron chi connectivity index (χ1n) is 6.00. The Kier molecular flexibility index (Phi) is 9.94. The number of rotatable bonds is 2. The van der Waals surface area contributed by atoms with Gasteiger partial charge in [-0.15, -0.1) is 0 Å². The van der Waals surface area contributed by atoms with Gasteiger partial charge in [0.25, 0.3) is 11.6 Å². The fraction of sp³-hybridized carbons (Fsp3) is 0.417. The zero-order chi connectivity index (χ0) is 15.6. The van der Waals surface area contributed by atoms with Crippen LogP contribution >= 0.6 is 0 Å². The highest BCUT2D eigenvalue weighted by Gasteiger charge is 2.15. The number of anilines is 1. The molecular formula is C12H22N4O3. The van der Waals surface area contributed by atoms with E-state index in [4.69, 9.17) is 11.6 Å². The van der Waals surface area contributed by atoms with E-state index in [2.05, 4.69) is 0 Å². The molecule has 108 valence electrons. The van der Waals surface area contributed by atoms with Gasteiger partial charge < -0.3 is 5.73 Å². The summed E-state index contributed by atoms with van der Waals surface area (Å²) in [6.07, 6.45) is 0. The van der Waals surface area contributed by atoms with E-state index in [9.17, 15) is 14.9 Å². The second-order valence-corrected chi connectivity index (χ2v) is 2.94. The van der Waals surface area contributed by atoms with E-state index in [-0.39, 0.29) is 16.9 Å². The molecule has 1 amide bonds. The molecule has 0 unspecified atom stereocenters. The number of nitrogens with zero attached hydrogens (tertiary/aromatic N) is 2. The van der Waals surface area contributed by atoms with Crippen molar-refractivity contribution in [1.29, 1.82) is 0 Å². The van der Waals surface area contributed by atoms with Crippen LogP contribution in [0, 0.1) is 10.1 Å². The first-order chi connectivity index (χ1) is 8.93. The first-order valence-corrected chi connectivity index (χ1v) is 6.00. The van der Waals surface area contributed by atoms with Crippen molar-refractivity contribution >= 4 is 17.3 Å². The summed E-state index contributed by atoms with van der Waals surface area (Å²) < 4.78 is 0. The first kappa shape index (κ1) is 19.2. The normalized spacial score (nSPS) is 8.32. The van der Waals surface area contributed by atoms with Gasteiger partial charge in [0.2, 0.25) is 0 Å². The molecule has 0 aliphatic carbocycles. The fourth-order valence-electron chi connectivity index (χ4n) is 1.05. The summed E-state index contributed by atoms with van der Waals surface area (Å²) >= 11 is 0. The Morgan fingerprint density at radius 3 is 2.05 bits per heavy atom. The minimum atomic E-state index is -0.587. The van der Waals surface area contributed by atoms with Crippen molar-refractivity contribution in [3.8, 4) is 0 Å². The van der Waals surface area contributed by atoms with E-state index in [1.54, 1.807) is 0 Å². The van der Waals surface area contributed by atoms with Gasteiger partial charge in [-0.2, -0.15) is 0 Å². The Hall–Kier alpha value is -2.15. The topological polar surface area (TPSA) is 115 Å². The summed E-state index contributed by atoms with van der Waals surface area (Å²) in [5, 5.41) is 11.3. The summed E-state index contributed by atoms with van der Waals surface area (Å²) in [5.41, 5.74) is 5.51. The molecule has 0 heterocycles. The molecule has 0 spiro atoms. The molecule has 0 radical (unpaired) electrons. The number of benzene rings is 1. The van der Waals surface area contributed by atoms with Gasteiger partial charge in [0.05, 0.1) is 16.2 Å². The number of carbonyl (C=O) groups is 1. The average molecular weight is 270 g/mol. The van der Waals surface area contributed by atoms with Crippen molar-refractivity contribution < 1.29 is 9.72 Å². The Balaban J connectivity index is 0. The van der Waals surface area contributed by atoms with Gasteiger partial charge in [-0.25, -0.2) is 5.84 Å². The van der Waals surface area contributed by atoms with Crippen LogP contribution in [0.3, 0.4) is 0 Å². The molecule has 4 N–H and O–H groups in total. The number of carbonyl (C=O) groups excluding carboxylic acids is 1. The zero-order valence-corrected chi connectivity index (χ0v) is 12.0. The van der Waals surface area contributed by atoms with Crippen LogP contribution in [0.25, 0.3) is 0 Å². The minimum Gasteiger partial charge on any atom is -0.398 e. The van der Waals surface area contributed by atoms with Crippen LogP contribution in [-0.2, 0) is 0 Å². The summed E-state index contributed by atoms with van der Waals surface area (Å²) in [6.45, 7) is 8.00. The van der Waals surface area contributed by atoms with E-state index >= 15 is 0 Å². The molecule has 0 fully saturated rings. The molecular weight excluding hydrogens is 248 g/mol. The maximum Gasteiger partial charge on any atom is 0.271 e. The number of nitro benzene ring substituents is 1. The molecule has 1 aromatic carbocycles. The second kappa shape index (κ2) is 9.84. The van der Waals surface area contributed by atoms with Crippen LogP contribution in [0.2, 0.25) is 0 Å². The SMILES string of the molecule is CC.CC.CN(N)C(=O)c1ccc([N+](=O)[O-])cc1N. The van der Waals surface area contributed by atoms with Crippen LogP contribution in [0.1, 0.15) is 38.1 Å². The number of nitro groups is 1. The van der Waals surface area contributed by atoms with Gasteiger partial charge in [-0.05, 0) is 6.07 Å². The second-order valence-electron chi connectivity index (χ2n) is 2.94. The molecule has 1 rings (SSSR count). The smallest absolute Gasteiger partial charge is 0.271 e. The maximum atomic E-state index is 11.4. The van der Waals surface area contributed by atoms with Gasteiger partial charge in [0.1, 0.15) is 0 Å². The molecule has 0 bridgehead atoms. The predicted octanol–water partition coefficient (Wildman–Crippen LogP) is 2.18. The minimum absolute atomic E-state index is 0.0338. The Morgan fingerprint density at radius 1 is 1.26 bits per heavy atom. The van der Waals surface area contributed by atoms with Crippen LogP contribution in [0.4, 0.5) is 11.4 Å². The molecule has 0 aliphatic rings. The van der Waals surface area contributed by atoms with Gasteiger partial charge in [-0.1, -0.05) is 27.7 Å². The third-order valence-corrected chi connectivity index (χ3v) is 1.80. The van der Waals surface area contributed by atoms with Crippen molar-refractivity contribution in [2.75, 3.05) is 12.8 Å². The molecule has 0 atom stereocenters. The Bertz CT molecular complexity index is 419. The average Bonchev–Trinajstić information content (AvgIpc) is 2.42. The van der Waals surface area contributed by atoms with Crippen molar-refractivity contribution in [1.82, 2.24) is 5.01 Å². The van der Waals surface area contributed by atoms with Crippen molar-refractivity contribution in [3.05, 3.63) is 33.9 Å². The lowest BCUT2D eigenvalue weighted by molar-refractivity contribution is -0.384. The summed E-state index contributed by atoms with van der Waals surface area (Å²) in [6, 6.07) is 3.60. The van der Waals surface area contributed by atoms with E-state index in [1.807, 2.05) is 27.7 Å². The lowest BCUT2D eigenvalue weighted by Crippen LogP contribution is -2.33. The number of hydrogen-bond donors (Lipinski definition) is 2. The molecule has 0 aromatic heterocycles. The van der Waals surface area contributed by atoms with E-state index in [1.165, 1.54) is 19.2 Å². The highest BCUT2D eigenvalue weighted by molar-refractivity contribution is 5.99. The molecule has 0 aliphatic heterocycles. The standard InChI is InChI=1S/C8H10N4O3.2C2H6/c1-11(10)8(13)6-3-2-5(12(14)15)4-7(6)9;2*1-2/h2-4H,9-10H2,1H3;2*1-2H3. The van der Waals surface area contributed by atoms with E-state index < -0.39 is 10.8 Å². The molecule has 0 saturated carbocycles. The van der Waals surface area contributed by atoms with Crippen LogP contribution in [-0.4, -0.2) is 22.9 Å². The fourth-order valence-corrected chi connectivity index (χ4v) is 1.05. The van der Waals surface area contributed by atoms with Crippen molar-refractivity contribution in [2.45, 2.75) is 27.7 Å². The van der Waals surface area contributed by atoms with Gasteiger partial charge >= 0.3 is 0 Å². The monoisotopic (exact) mass is 270 g/mol. The van der Waals surface area contributed by atoms with Crippen LogP contribution in [0.5, 0.6) is 0 Å². The van der Waals surface area contributed by atoms with Gasteiger partial charge in [0, 0.05) is 19.2 Å².